The fourth-order valence-corrected chi connectivity index (χ4v) is 2.36. The zero-order valence-corrected chi connectivity index (χ0v) is 12.3. The number of phenolic OH excluding ortho intramolecular Hbond substituents is 4. The molecule has 0 unspecified atom stereocenters. The maximum atomic E-state index is 12.4. The molecule has 0 saturated heterocycles. The Morgan fingerprint density at radius 2 is 1.62 bits per heavy atom. The van der Waals surface area contributed by atoms with Gasteiger partial charge in [0.05, 0.1) is 7.11 Å². The highest BCUT2D eigenvalue weighted by Gasteiger charge is 2.23. The van der Waals surface area contributed by atoms with E-state index in [-0.39, 0.29) is 28.0 Å². The van der Waals surface area contributed by atoms with Gasteiger partial charge in [-0.25, -0.2) is 0 Å². The van der Waals surface area contributed by atoms with Crippen molar-refractivity contribution in [3.63, 3.8) is 0 Å². The van der Waals surface area contributed by atoms with Crippen molar-refractivity contribution in [2.45, 2.75) is 0 Å². The zero-order chi connectivity index (χ0) is 17.6. The van der Waals surface area contributed by atoms with Gasteiger partial charge in [-0.15, -0.1) is 0 Å². The number of aromatic hydroxyl groups is 5. The van der Waals surface area contributed by atoms with Crippen LogP contribution in [0.15, 0.2) is 33.5 Å². The summed E-state index contributed by atoms with van der Waals surface area (Å²) in [5.41, 5.74) is -1.14. The molecule has 8 heteroatoms. The molecule has 3 aromatic rings. The van der Waals surface area contributed by atoms with Gasteiger partial charge in [0.1, 0.15) is 11.1 Å². The first kappa shape index (κ1) is 15.3. The van der Waals surface area contributed by atoms with E-state index in [1.54, 1.807) is 0 Å². The van der Waals surface area contributed by atoms with Gasteiger partial charge in [0.25, 0.3) is 0 Å². The van der Waals surface area contributed by atoms with Crippen LogP contribution < -0.4 is 10.2 Å². The Labute approximate surface area is 134 Å². The van der Waals surface area contributed by atoms with Crippen molar-refractivity contribution >= 4 is 11.0 Å². The van der Waals surface area contributed by atoms with Gasteiger partial charge in [-0.1, -0.05) is 0 Å². The summed E-state index contributed by atoms with van der Waals surface area (Å²) in [6.45, 7) is 0. The number of benzene rings is 2. The minimum absolute atomic E-state index is 0.0895. The van der Waals surface area contributed by atoms with Gasteiger partial charge in [0, 0.05) is 11.6 Å². The Bertz CT molecular complexity index is 1020. The summed E-state index contributed by atoms with van der Waals surface area (Å²) in [6.07, 6.45) is 0. The first-order valence-electron chi connectivity index (χ1n) is 6.66. The lowest BCUT2D eigenvalue weighted by molar-refractivity contribution is 0.365. The highest BCUT2D eigenvalue weighted by Crippen LogP contribution is 2.43. The molecule has 24 heavy (non-hydrogen) atoms. The van der Waals surface area contributed by atoms with Gasteiger partial charge in [0.15, 0.2) is 28.6 Å². The maximum absolute atomic E-state index is 12.4. The molecule has 0 aliphatic carbocycles. The molecule has 0 saturated carbocycles. The summed E-state index contributed by atoms with van der Waals surface area (Å²) in [5.74, 6) is -3.27. The number of hydrogen-bond acceptors (Lipinski definition) is 8. The fourth-order valence-electron chi connectivity index (χ4n) is 2.36. The van der Waals surface area contributed by atoms with Crippen LogP contribution in [0.3, 0.4) is 0 Å². The second-order valence-electron chi connectivity index (χ2n) is 4.96. The zero-order valence-electron chi connectivity index (χ0n) is 12.3. The molecule has 0 atom stereocenters. The minimum atomic E-state index is -0.949. The van der Waals surface area contributed by atoms with Crippen molar-refractivity contribution in [3.8, 4) is 45.8 Å². The van der Waals surface area contributed by atoms with E-state index in [9.17, 15) is 30.3 Å². The predicted molar refractivity (Wildman–Crippen MR) is 82.8 cm³/mol. The Kier molecular flexibility index (Phi) is 3.37. The second-order valence-corrected chi connectivity index (χ2v) is 4.96. The normalized spacial score (nSPS) is 10.9. The van der Waals surface area contributed by atoms with Crippen molar-refractivity contribution in [2.75, 3.05) is 7.11 Å². The number of ether oxygens (including phenoxy) is 1. The van der Waals surface area contributed by atoms with Gasteiger partial charge in [-0.05, 0) is 18.2 Å². The SMILES string of the molecule is COc1c(O)cc(O)c2c(=O)c(O)c(-c3ccc(O)c(O)c3)oc12. The lowest BCUT2D eigenvalue weighted by Gasteiger charge is -2.11. The van der Waals surface area contributed by atoms with Crippen LogP contribution >= 0.6 is 0 Å². The third kappa shape index (κ3) is 2.12. The van der Waals surface area contributed by atoms with Crippen molar-refractivity contribution in [1.29, 1.82) is 0 Å². The molecule has 0 aliphatic heterocycles. The van der Waals surface area contributed by atoms with Crippen molar-refractivity contribution < 1.29 is 34.7 Å². The standard InChI is InChI=1S/C16H12O8/c1-23-15-10(20)5-9(19)11-12(21)13(22)14(24-16(11)15)6-2-3-7(17)8(18)4-6/h2-5,17-20,22H,1H3. The summed E-state index contributed by atoms with van der Waals surface area (Å²) >= 11 is 0. The first-order valence-corrected chi connectivity index (χ1v) is 6.66. The third-order valence-corrected chi connectivity index (χ3v) is 3.50. The summed E-state index contributed by atoms with van der Waals surface area (Å²) in [7, 11) is 1.23. The van der Waals surface area contributed by atoms with Crippen LogP contribution in [-0.4, -0.2) is 32.6 Å². The lowest BCUT2D eigenvalue weighted by atomic mass is 10.1. The summed E-state index contributed by atoms with van der Waals surface area (Å²) in [5, 5.41) is 48.3. The van der Waals surface area contributed by atoms with Crippen molar-refractivity contribution in [3.05, 3.63) is 34.5 Å². The highest BCUT2D eigenvalue weighted by molar-refractivity contribution is 5.93. The molecule has 8 nitrogen and oxygen atoms in total. The van der Waals surface area contributed by atoms with Gasteiger partial charge in [-0.3, -0.25) is 4.79 Å². The predicted octanol–water partition coefficient (Wildman–Crippen LogP) is 2.00. The Balaban J connectivity index is 2.44. The molecule has 0 bridgehead atoms. The van der Waals surface area contributed by atoms with Gasteiger partial charge in [-0.2, -0.15) is 0 Å². The quantitative estimate of drug-likeness (QED) is 0.449. The third-order valence-electron chi connectivity index (χ3n) is 3.50. The first-order chi connectivity index (χ1) is 11.3. The van der Waals surface area contributed by atoms with E-state index in [2.05, 4.69) is 0 Å². The highest BCUT2D eigenvalue weighted by atomic mass is 16.5. The van der Waals surface area contributed by atoms with Crippen LogP contribution in [0.5, 0.6) is 34.5 Å². The molecule has 1 aromatic heterocycles. The van der Waals surface area contributed by atoms with Crippen molar-refractivity contribution in [1.82, 2.24) is 0 Å². The largest absolute Gasteiger partial charge is 0.507 e. The second kappa shape index (κ2) is 5.27. The maximum Gasteiger partial charge on any atom is 0.238 e. The van der Waals surface area contributed by atoms with E-state index in [1.807, 2.05) is 0 Å². The smallest absolute Gasteiger partial charge is 0.238 e. The van der Waals surface area contributed by atoms with Crippen molar-refractivity contribution in [2.24, 2.45) is 0 Å². The molecule has 124 valence electrons. The molecule has 2 aromatic carbocycles. The van der Waals surface area contributed by atoms with E-state index in [1.165, 1.54) is 13.2 Å². The van der Waals surface area contributed by atoms with Gasteiger partial charge >= 0.3 is 0 Å². The number of rotatable bonds is 2. The Hall–Kier alpha value is -3.55. The average molecular weight is 332 g/mol. The minimum Gasteiger partial charge on any atom is -0.507 e. The van der Waals surface area contributed by atoms with E-state index < -0.39 is 34.2 Å². The van der Waals surface area contributed by atoms with Crippen LogP contribution in [0.1, 0.15) is 0 Å². The molecule has 0 spiro atoms. The number of phenols is 4. The van der Waals surface area contributed by atoms with E-state index >= 15 is 0 Å². The molecule has 0 fully saturated rings. The molecule has 5 N–H and O–H groups in total. The average Bonchev–Trinajstić information content (AvgIpc) is 2.53. The van der Waals surface area contributed by atoms with Crippen LogP contribution in [0.2, 0.25) is 0 Å². The van der Waals surface area contributed by atoms with E-state index in [0.29, 0.717) is 0 Å². The van der Waals surface area contributed by atoms with Crippen LogP contribution in [0, 0.1) is 0 Å². The summed E-state index contributed by atoms with van der Waals surface area (Å²) < 4.78 is 10.4. The summed E-state index contributed by atoms with van der Waals surface area (Å²) in [4.78, 5) is 12.4. The monoisotopic (exact) mass is 332 g/mol. The van der Waals surface area contributed by atoms with E-state index in [0.717, 1.165) is 18.2 Å². The van der Waals surface area contributed by atoms with Crippen LogP contribution in [0.25, 0.3) is 22.3 Å². The number of fused-ring (bicyclic) bond motifs is 1. The molecular weight excluding hydrogens is 320 g/mol. The lowest BCUT2D eigenvalue weighted by Crippen LogP contribution is -2.04. The summed E-state index contributed by atoms with van der Waals surface area (Å²) in [6, 6.07) is 4.41. The molecule has 0 amide bonds. The molecule has 1 heterocycles. The fraction of sp³-hybridized carbons (Fsp3) is 0.0625. The molecular formula is C16H12O8. The molecule has 0 radical (unpaired) electrons. The topological polar surface area (TPSA) is 141 Å². The Morgan fingerprint density at radius 1 is 0.917 bits per heavy atom. The van der Waals surface area contributed by atoms with Crippen LogP contribution in [-0.2, 0) is 0 Å². The molecule has 3 rings (SSSR count). The Morgan fingerprint density at radius 3 is 2.25 bits per heavy atom. The van der Waals surface area contributed by atoms with E-state index in [4.69, 9.17) is 9.15 Å². The molecule has 0 aliphatic rings. The van der Waals surface area contributed by atoms with Gasteiger partial charge < -0.3 is 34.7 Å². The number of methoxy groups -OCH3 is 1. The van der Waals surface area contributed by atoms with Gasteiger partial charge in [0.2, 0.25) is 16.9 Å². The number of hydrogen-bond donors (Lipinski definition) is 5. The van der Waals surface area contributed by atoms with Crippen LogP contribution in [0.4, 0.5) is 0 Å².